The van der Waals surface area contributed by atoms with Gasteiger partial charge >= 0.3 is 6.18 Å². The fraction of sp³-hybridized carbons (Fsp3) is 0.0667. The fourth-order valence-electron chi connectivity index (χ4n) is 4.00. The summed E-state index contributed by atoms with van der Waals surface area (Å²) in [6.45, 7) is 0.367. The first-order valence-electron chi connectivity index (χ1n) is 11.1. The van der Waals surface area contributed by atoms with Crippen molar-refractivity contribution < 1.29 is 22.6 Å². The van der Waals surface area contributed by atoms with Crippen molar-refractivity contribution in [1.82, 2.24) is 0 Å². The van der Waals surface area contributed by atoms with Crippen LogP contribution in [0.2, 0.25) is 0 Å². The van der Waals surface area contributed by atoms with Crippen LogP contribution in [-0.2, 0) is 12.8 Å². The minimum absolute atomic E-state index is 0.00494. The van der Waals surface area contributed by atoms with E-state index in [0.29, 0.717) is 34.4 Å². The van der Waals surface area contributed by atoms with Crippen LogP contribution in [0.3, 0.4) is 0 Å². The highest BCUT2D eigenvalue weighted by Gasteiger charge is 2.36. The Hall–Kier alpha value is -4.25. The first-order valence-corrected chi connectivity index (χ1v) is 11.1. The molecule has 0 aliphatic heterocycles. The van der Waals surface area contributed by atoms with Gasteiger partial charge in [-0.15, -0.1) is 0 Å². The molecule has 0 atom stereocenters. The number of benzene rings is 5. The van der Waals surface area contributed by atoms with Crippen molar-refractivity contribution in [3.63, 3.8) is 0 Å². The summed E-state index contributed by atoms with van der Waals surface area (Å²) in [4.78, 5) is 0. The summed E-state index contributed by atoms with van der Waals surface area (Å²) in [5, 5.41) is 1.06. The Morgan fingerprint density at radius 2 is 1.26 bits per heavy atom. The van der Waals surface area contributed by atoms with Crippen LogP contribution in [-0.4, -0.2) is 0 Å². The van der Waals surface area contributed by atoms with E-state index in [1.54, 1.807) is 72.8 Å². The van der Waals surface area contributed by atoms with Crippen LogP contribution in [0, 0.1) is 0 Å². The normalized spacial score (nSPS) is 11.4. The summed E-state index contributed by atoms with van der Waals surface area (Å²) < 4.78 is 54.8. The largest absolute Gasteiger partial charge is 0.489 e. The Kier molecular flexibility index (Phi) is 6.15. The maximum absolute atomic E-state index is 14.3. The van der Waals surface area contributed by atoms with Gasteiger partial charge in [0.2, 0.25) is 0 Å². The summed E-state index contributed by atoms with van der Waals surface area (Å²) in [5.41, 5.74) is 0.639. The molecule has 0 spiro atoms. The van der Waals surface area contributed by atoms with E-state index in [2.05, 4.69) is 0 Å². The third-order valence-electron chi connectivity index (χ3n) is 5.66. The number of hydrogen-bond acceptors (Lipinski definition) is 2. The van der Waals surface area contributed by atoms with Gasteiger partial charge in [-0.3, -0.25) is 0 Å². The maximum Gasteiger partial charge on any atom is 0.417 e. The van der Waals surface area contributed by atoms with Gasteiger partial charge in [0.25, 0.3) is 0 Å². The highest BCUT2D eigenvalue weighted by atomic mass is 19.4. The van der Waals surface area contributed by atoms with Crippen molar-refractivity contribution in [1.29, 1.82) is 0 Å². The van der Waals surface area contributed by atoms with Gasteiger partial charge in [-0.2, -0.15) is 13.2 Å². The number of para-hydroxylation sites is 1. The Bertz CT molecular complexity index is 1430. The van der Waals surface area contributed by atoms with E-state index in [1.807, 2.05) is 36.4 Å². The molecule has 0 fully saturated rings. The molecule has 0 radical (unpaired) electrons. The van der Waals surface area contributed by atoms with Crippen molar-refractivity contribution in [3.05, 3.63) is 126 Å². The summed E-state index contributed by atoms with van der Waals surface area (Å²) in [5.74, 6) is 1.19. The molecule has 0 aliphatic carbocycles. The predicted octanol–water partition coefficient (Wildman–Crippen LogP) is 8.90. The van der Waals surface area contributed by atoms with Gasteiger partial charge in [0.05, 0.1) is 5.56 Å². The number of halogens is 3. The maximum atomic E-state index is 14.3. The highest BCUT2D eigenvalue weighted by molar-refractivity contribution is 5.97. The standard InChI is InChI=1S/C30H21F3O2/c31-30(32,33)27-19-23-11-7-8-14-26(23)29(35-25-12-5-2-6-13-25)28(27)22-15-17-24(18-16-22)34-20-21-9-3-1-4-10-21/h1-19H,20H2. The van der Waals surface area contributed by atoms with Crippen LogP contribution in [0.25, 0.3) is 21.9 Å². The zero-order valence-corrected chi connectivity index (χ0v) is 18.6. The average molecular weight is 470 g/mol. The number of alkyl halides is 3. The van der Waals surface area contributed by atoms with Crippen LogP contribution >= 0.6 is 0 Å². The lowest BCUT2D eigenvalue weighted by Crippen LogP contribution is -2.09. The highest BCUT2D eigenvalue weighted by Crippen LogP contribution is 2.47. The van der Waals surface area contributed by atoms with Crippen LogP contribution < -0.4 is 9.47 Å². The van der Waals surface area contributed by atoms with Gasteiger partial charge in [0.15, 0.2) is 0 Å². The Labute approximate surface area is 201 Å². The van der Waals surface area contributed by atoms with Crippen LogP contribution in [0.5, 0.6) is 17.2 Å². The zero-order valence-electron chi connectivity index (χ0n) is 18.6. The van der Waals surface area contributed by atoms with Crippen molar-refractivity contribution in [2.24, 2.45) is 0 Å². The van der Waals surface area contributed by atoms with Gasteiger partial charge in [-0.1, -0.05) is 84.9 Å². The molecule has 0 saturated heterocycles. The number of ether oxygens (including phenoxy) is 2. The van der Waals surface area contributed by atoms with Crippen molar-refractivity contribution in [2.45, 2.75) is 12.8 Å². The third kappa shape index (κ3) is 4.99. The van der Waals surface area contributed by atoms with E-state index < -0.39 is 11.7 Å². The summed E-state index contributed by atoms with van der Waals surface area (Å²) >= 11 is 0. The van der Waals surface area contributed by atoms with E-state index >= 15 is 0 Å². The minimum Gasteiger partial charge on any atom is -0.489 e. The summed E-state index contributed by atoms with van der Waals surface area (Å²) in [6.07, 6.45) is -4.57. The zero-order chi connectivity index (χ0) is 24.3. The van der Waals surface area contributed by atoms with Gasteiger partial charge < -0.3 is 9.47 Å². The second-order valence-corrected chi connectivity index (χ2v) is 8.06. The second-order valence-electron chi connectivity index (χ2n) is 8.06. The van der Waals surface area contributed by atoms with Gasteiger partial charge in [-0.25, -0.2) is 0 Å². The van der Waals surface area contributed by atoms with Crippen LogP contribution in [0.1, 0.15) is 11.1 Å². The molecule has 5 rings (SSSR count). The van der Waals surface area contributed by atoms with Gasteiger partial charge in [0.1, 0.15) is 23.9 Å². The van der Waals surface area contributed by atoms with E-state index in [9.17, 15) is 13.2 Å². The average Bonchev–Trinajstić information content (AvgIpc) is 2.88. The first kappa shape index (κ1) is 22.5. The Morgan fingerprint density at radius 1 is 0.629 bits per heavy atom. The van der Waals surface area contributed by atoms with Gasteiger partial charge in [0, 0.05) is 10.9 Å². The van der Waals surface area contributed by atoms with Crippen molar-refractivity contribution in [2.75, 3.05) is 0 Å². The molecule has 35 heavy (non-hydrogen) atoms. The number of rotatable bonds is 6. The van der Waals surface area contributed by atoms with E-state index in [4.69, 9.17) is 9.47 Å². The predicted molar refractivity (Wildman–Crippen MR) is 132 cm³/mol. The molecule has 0 aromatic heterocycles. The van der Waals surface area contributed by atoms with Crippen molar-refractivity contribution >= 4 is 10.8 Å². The van der Waals surface area contributed by atoms with Crippen molar-refractivity contribution in [3.8, 4) is 28.4 Å². The first-order chi connectivity index (χ1) is 17.0. The number of hydrogen-bond donors (Lipinski definition) is 0. The quantitative estimate of drug-likeness (QED) is 0.247. The van der Waals surface area contributed by atoms with Gasteiger partial charge in [-0.05, 0) is 46.8 Å². The summed E-state index contributed by atoms with van der Waals surface area (Å²) in [7, 11) is 0. The Balaban J connectivity index is 1.60. The molecule has 0 amide bonds. The molecule has 0 aliphatic rings. The van der Waals surface area contributed by atoms with E-state index in [0.717, 1.165) is 5.56 Å². The second kappa shape index (κ2) is 9.55. The lowest BCUT2D eigenvalue weighted by Gasteiger charge is -2.20. The lowest BCUT2D eigenvalue weighted by molar-refractivity contribution is -0.137. The molecule has 5 aromatic rings. The molecule has 0 heterocycles. The molecular formula is C30H21F3O2. The molecule has 0 saturated carbocycles. The fourth-order valence-corrected chi connectivity index (χ4v) is 4.00. The molecule has 0 bridgehead atoms. The molecule has 5 aromatic carbocycles. The monoisotopic (exact) mass is 470 g/mol. The molecule has 2 nitrogen and oxygen atoms in total. The number of fused-ring (bicyclic) bond motifs is 1. The lowest BCUT2D eigenvalue weighted by atomic mass is 9.93. The molecule has 5 heteroatoms. The summed E-state index contributed by atoms with van der Waals surface area (Å²) in [6, 6.07) is 33.3. The SMILES string of the molecule is FC(F)(F)c1cc2ccccc2c(Oc2ccccc2)c1-c1ccc(OCc2ccccc2)cc1. The van der Waals surface area contributed by atoms with Crippen LogP contribution in [0.4, 0.5) is 13.2 Å². The third-order valence-corrected chi connectivity index (χ3v) is 5.66. The van der Waals surface area contributed by atoms with E-state index in [-0.39, 0.29) is 11.3 Å². The molecule has 174 valence electrons. The Morgan fingerprint density at radius 3 is 1.94 bits per heavy atom. The molecule has 0 unspecified atom stereocenters. The topological polar surface area (TPSA) is 18.5 Å². The minimum atomic E-state index is -4.57. The smallest absolute Gasteiger partial charge is 0.417 e. The van der Waals surface area contributed by atoms with Crippen LogP contribution in [0.15, 0.2) is 115 Å². The van der Waals surface area contributed by atoms with E-state index in [1.165, 1.54) is 6.07 Å². The molecular weight excluding hydrogens is 449 g/mol. The molecule has 0 N–H and O–H groups in total.